The molecule has 0 aliphatic rings. The molecule has 1 aromatic carbocycles. The minimum atomic E-state index is -0.586. The fourth-order valence-electron chi connectivity index (χ4n) is 1.39. The first-order valence-corrected chi connectivity index (χ1v) is 6.72. The van der Waals surface area contributed by atoms with E-state index in [1.807, 2.05) is 0 Å². The Morgan fingerprint density at radius 3 is 2.47 bits per heavy atom. The van der Waals surface area contributed by atoms with Crippen LogP contribution in [0.1, 0.15) is 31.1 Å². The number of anilines is 1. The molecule has 19 heavy (non-hydrogen) atoms. The Balaban J connectivity index is 2.71. The van der Waals surface area contributed by atoms with Crippen molar-refractivity contribution in [3.63, 3.8) is 0 Å². The normalized spacial score (nSPS) is 11.1. The molecule has 0 fully saturated rings. The molecule has 0 atom stereocenters. The van der Waals surface area contributed by atoms with Crippen molar-refractivity contribution < 1.29 is 14.3 Å². The Hall–Kier alpha value is -1.69. The summed E-state index contributed by atoms with van der Waals surface area (Å²) in [5.74, 6) is -0.789. The van der Waals surface area contributed by atoms with Gasteiger partial charge in [-0.2, -0.15) is 0 Å². The van der Waals surface area contributed by atoms with Crippen LogP contribution in [-0.4, -0.2) is 23.2 Å². The molecule has 0 aromatic heterocycles. The molecule has 0 aliphatic heterocycles. The maximum absolute atomic E-state index is 11.6. The number of rotatable bonds is 4. The number of ether oxygens (including phenoxy) is 1. The molecular formula is C13H18N2O3S. The highest BCUT2D eigenvalue weighted by Crippen LogP contribution is 2.28. The Morgan fingerprint density at radius 2 is 1.95 bits per heavy atom. The van der Waals surface area contributed by atoms with E-state index in [0.717, 1.165) is 0 Å². The van der Waals surface area contributed by atoms with Crippen LogP contribution >= 0.6 is 11.8 Å². The average Bonchev–Trinajstić information content (AvgIpc) is 2.24. The van der Waals surface area contributed by atoms with Gasteiger partial charge in [0.2, 0.25) is 0 Å². The van der Waals surface area contributed by atoms with E-state index in [-0.39, 0.29) is 17.3 Å². The maximum Gasteiger partial charge on any atom is 0.316 e. The van der Waals surface area contributed by atoms with Crippen molar-refractivity contribution in [2.24, 2.45) is 5.73 Å². The van der Waals surface area contributed by atoms with Crippen molar-refractivity contribution in [1.82, 2.24) is 0 Å². The van der Waals surface area contributed by atoms with Gasteiger partial charge >= 0.3 is 5.97 Å². The second-order valence-corrected chi connectivity index (χ2v) is 5.97. The third-order valence-corrected chi connectivity index (χ3v) is 3.14. The second kappa shape index (κ2) is 5.97. The van der Waals surface area contributed by atoms with Gasteiger partial charge in [-0.15, -0.1) is 11.8 Å². The highest BCUT2D eigenvalue weighted by Gasteiger charge is 2.17. The number of carbonyl (C=O) groups excluding carboxylic acids is 2. The number of amides is 1. The zero-order chi connectivity index (χ0) is 14.6. The monoisotopic (exact) mass is 282 g/mol. The van der Waals surface area contributed by atoms with E-state index < -0.39 is 11.5 Å². The predicted octanol–water partition coefficient (Wildman–Crippen LogP) is 1.80. The lowest BCUT2D eigenvalue weighted by atomic mass is 10.2. The Morgan fingerprint density at radius 1 is 1.32 bits per heavy atom. The van der Waals surface area contributed by atoms with E-state index in [0.29, 0.717) is 10.6 Å². The Labute approximate surface area is 116 Å². The fraction of sp³-hybridized carbons (Fsp3) is 0.385. The van der Waals surface area contributed by atoms with Gasteiger partial charge in [0.05, 0.1) is 17.0 Å². The van der Waals surface area contributed by atoms with Gasteiger partial charge in [0.1, 0.15) is 5.60 Å². The van der Waals surface area contributed by atoms with Gasteiger partial charge in [-0.3, -0.25) is 9.59 Å². The number of carbonyl (C=O) groups is 2. The van der Waals surface area contributed by atoms with Crippen molar-refractivity contribution in [1.29, 1.82) is 0 Å². The largest absolute Gasteiger partial charge is 0.459 e. The van der Waals surface area contributed by atoms with Crippen LogP contribution in [0.25, 0.3) is 0 Å². The van der Waals surface area contributed by atoms with Crippen LogP contribution in [0.5, 0.6) is 0 Å². The summed E-state index contributed by atoms with van der Waals surface area (Å²) in [4.78, 5) is 23.4. The molecule has 1 aromatic rings. The van der Waals surface area contributed by atoms with Gasteiger partial charge in [-0.05, 0) is 32.9 Å². The van der Waals surface area contributed by atoms with Crippen LogP contribution in [0.15, 0.2) is 23.1 Å². The summed E-state index contributed by atoms with van der Waals surface area (Å²) in [5.41, 5.74) is 11.1. The molecular weight excluding hydrogens is 264 g/mol. The molecule has 6 heteroatoms. The third kappa shape index (κ3) is 4.82. The number of benzene rings is 1. The summed E-state index contributed by atoms with van der Waals surface area (Å²) in [6.45, 7) is 5.41. The van der Waals surface area contributed by atoms with E-state index >= 15 is 0 Å². The molecule has 1 rings (SSSR count). The summed E-state index contributed by atoms with van der Waals surface area (Å²) in [6, 6.07) is 4.96. The van der Waals surface area contributed by atoms with E-state index in [2.05, 4.69) is 0 Å². The minimum absolute atomic E-state index is 0.129. The van der Waals surface area contributed by atoms with Crippen LogP contribution < -0.4 is 11.5 Å². The molecule has 0 unspecified atom stereocenters. The zero-order valence-corrected chi connectivity index (χ0v) is 12.0. The van der Waals surface area contributed by atoms with Crippen LogP contribution in [0.3, 0.4) is 0 Å². The minimum Gasteiger partial charge on any atom is -0.459 e. The van der Waals surface area contributed by atoms with E-state index in [9.17, 15) is 9.59 Å². The van der Waals surface area contributed by atoms with Gasteiger partial charge in [-0.25, -0.2) is 0 Å². The summed E-state index contributed by atoms with van der Waals surface area (Å²) in [6.07, 6.45) is 0. The number of nitrogens with two attached hydrogens (primary N) is 2. The molecule has 5 nitrogen and oxygen atoms in total. The van der Waals surface area contributed by atoms with Gasteiger partial charge in [-0.1, -0.05) is 6.07 Å². The predicted molar refractivity (Wildman–Crippen MR) is 75.9 cm³/mol. The number of hydrogen-bond donors (Lipinski definition) is 2. The van der Waals surface area contributed by atoms with Gasteiger partial charge in [0, 0.05) is 4.90 Å². The number of hydrogen-bond acceptors (Lipinski definition) is 5. The fourth-order valence-corrected chi connectivity index (χ4v) is 2.16. The van der Waals surface area contributed by atoms with Gasteiger partial charge < -0.3 is 16.2 Å². The van der Waals surface area contributed by atoms with Gasteiger partial charge in [0.25, 0.3) is 5.91 Å². The molecule has 4 N–H and O–H groups in total. The highest BCUT2D eigenvalue weighted by atomic mass is 32.2. The summed E-state index contributed by atoms with van der Waals surface area (Å²) >= 11 is 1.22. The standard InChI is InChI=1S/C13H18N2O3S/c1-13(2,3)18-10(16)7-19-9-6-4-5-8(11(9)14)12(15)17/h4-6H,7,14H2,1-3H3,(H2,15,17). The number of esters is 1. The first-order chi connectivity index (χ1) is 8.70. The smallest absolute Gasteiger partial charge is 0.316 e. The summed E-state index contributed by atoms with van der Waals surface area (Å²) in [7, 11) is 0. The van der Waals surface area contributed by atoms with Crippen molar-refractivity contribution in [3.05, 3.63) is 23.8 Å². The quantitative estimate of drug-likeness (QED) is 0.499. The molecule has 0 saturated carbocycles. The topological polar surface area (TPSA) is 95.4 Å². The average molecular weight is 282 g/mol. The number of primary amides is 1. The van der Waals surface area contributed by atoms with Crippen LogP contribution in [0.4, 0.5) is 5.69 Å². The van der Waals surface area contributed by atoms with Crippen molar-refractivity contribution >= 4 is 29.3 Å². The second-order valence-electron chi connectivity index (χ2n) is 4.96. The molecule has 0 spiro atoms. The molecule has 0 heterocycles. The van der Waals surface area contributed by atoms with E-state index in [1.165, 1.54) is 11.8 Å². The lowest BCUT2D eigenvalue weighted by Gasteiger charge is -2.19. The lowest BCUT2D eigenvalue weighted by molar-refractivity contribution is -0.151. The van der Waals surface area contributed by atoms with Crippen LogP contribution in [0, 0.1) is 0 Å². The Kier molecular flexibility index (Phi) is 4.83. The van der Waals surface area contributed by atoms with Crippen molar-refractivity contribution in [2.45, 2.75) is 31.3 Å². The molecule has 0 radical (unpaired) electrons. The molecule has 0 aliphatic carbocycles. The molecule has 1 amide bonds. The molecule has 104 valence electrons. The van der Waals surface area contributed by atoms with Crippen LogP contribution in [0.2, 0.25) is 0 Å². The van der Waals surface area contributed by atoms with Crippen LogP contribution in [-0.2, 0) is 9.53 Å². The number of thioether (sulfide) groups is 1. The number of nitrogen functional groups attached to an aromatic ring is 1. The molecule has 0 saturated heterocycles. The molecule has 0 bridgehead atoms. The van der Waals surface area contributed by atoms with E-state index in [4.69, 9.17) is 16.2 Å². The summed E-state index contributed by atoms with van der Waals surface area (Å²) in [5, 5.41) is 0. The zero-order valence-electron chi connectivity index (χ0n) is 11.2. The third-order valence-electron chi connectivity index (χ3n) is 2.10. The first-order valence-electron chi connectivity index (χ1n) is 5.73. The maximum atomic E-state index is 11.6. The number of para-hydroxylation sites is 1. The highest BCUT2D eigenvalue weighted by molar-refractivity contribution is 8.00. The SMILES string of the molecule is CC(C)(C)OC(=O)CSc1cccc(C(N)=O)c1N. The Bertz CT molecular complexity index is 495. The van der Waals surface area contributed by atoms with Crippen molar-refractivity contribution in [2.75, 3.05) is 11.5 Å². The van der Waals surface area contributed by atoms with Gasteiger partial charge in [0.15, 0.2) is 0 Å². The lowest BCUT2D eigenvalue weighted by Crippen LogP contribution is -2.25. The van der Waals surface area contributed by atoms with Crippen molar-refractivity contribution in [3.8, 4) is 0 Å². The van der Waals surface area contributed by atoms with E-state index in [1.54, 1.807) is 39.0 Å². The first kappa shape index (κ1) is 15.4. The summed E-state index contributed by atoms with van der Waals surface area (Å²) < 4.78 is 5.18.